The molecule has 36 heavy (non-hydrogen) atoms. The maximum atomic E-state index is 14.1. The number of carbonyl (C=O) groups excluding carboxylic acids is 2. The Morgan fingerprint density at radius 3 is 2.06 bits per heavy atom. The second-order valence-corrected chi connectivity index (χ2v) is 12.3. The number of benzene rings is 1. The number of alkyl halides is 4. The molecule has 1 amide bonds. The number of thioether (sulfide) groups is 1. The second-order valence-electron chi connectivity index (χ2n) is 7.30. The van der Waals surface area contributed by atoms with Crippen LogP contribution in [0.15, 0.2) is 23.1 Å². The number of nitrogens with zero attached hydrogens (tertiary/aromatic N) is 2. The minimum absolute atomic E-state index is 0.169. The standard InChI is InChI=1S/C22H34Cl4N3O5PS/c1-3-33-21(30)17-27-22(31)19-5-4-18(2)20(16-19)36-15-14-34-35(32,28(10-6-23)11-7-24)29(12-8-25)13-9-26/h4-5,16H,3,6-15,17H2,1-2H3,(H,27,31). The van der Waals surface area contributed by atoms with Crippen LogP contribution in [-0.2, 0) is 18.6 Å². The monoisotopic (exact) mass is 623 g/mol. The highest BCUT2D eigenvalue weighted by molar-refractivity contribution is 7.99. The third kappa shape index (κ3) is 11.3. The van der Waals surface area contributed by atoms with Crippen molar-refractivity contribution in [2.24, 2.45) is 0 Å². The Bertz CT molecular complexity index is 839. The fourth-order valence-corrected chi connectivity index (χ4v) is 7.86. The minimum atomic E-state index is -3.48. The van der Waals surface area contributed by atoms with Gasteiger partial charge in [0.2, 0.25) is 0 Å². The Kier molecular flexibility index (Phi) is 17.8. The zero-order chi connectivity index (χ0) is 27.0. The summed E-state index contributed by atoms with van der Waals surface area (Å²) in [7, 11) is -3.48. The first-order chi connectivity index (χ1) is 17.3. The van der Waals surface area contributed by atoms with Gasteiger partial charge in [0.1, 0.15) is 6.54 Å². The third-order valence-corrected chi connectivity index (χ3v) is 9.38. The normalized spacial score (nSPS) is 11.8. The first-order valence-electron chi connectivity index (χ1n) is 11.4. The second kappa shape index (κ2) is 18.9. The summed E-state index contributed by atoms with van der Waals surface area (Å²) in [6, 6.07) is 5.27. The zero-order valence-corrected chi connectivity index (χ0v) is 25.3. The van der Waals surface area contributed by atoms with E-state index in [1.807, 2.05) is 13.0 Å². The number of halogens is 4. The van der Waals surface area contributed by atoms with Crippen molar-refractivity contribution in [2.45, 2.75) is 18.7 Å². The van der Waals surface area contributed by atoms with Crippen LogP contribution in [-0.4, -0.2) is 96.4 Å². The molecule has 1 N–H and O–H groups in total. The lowest BCUT2D eigenvalue weighted by Gasteiger charge is -2.37. The maximum absolute atomic E-state index is 14.1. The molecule has 0 aliphatic rings. The smallest absolute Gasteiger partial charge is 0.346 e. The van der Waals surface area contributed by atoms with Crippen molar-refractivity contribution in [3.8, 4) is 0 Å². The molecular weight excluding hydrogens is 591 g/mol. The van der Waals surface area contributed by atoms with Gasteiger partial charge in [-0.1, -0.05) is 6.07 Å². The van der Waals surface area contributed by atoms with Crippen LogP contribution in [0.5, 0.6) is 0 Å². The number of aryl methyl sites for hydroxylation is 1. The van der Waals surface area contributed by atoms with Crippen LogP contribution in [0.1, 0.15) is 22.8 Å². The van der Waals surface area contributed by atoms with Crippen molar-refractivity contribution in [1.82, 2.24) is 14.7 Å². The van der Waals surface area contributed by atoms with E-state index in [4.69, 9.17) is 55.7 Å². The molecule has 1 aromatic carbocycles. The van der Waals surface area contributed by atoms with Gasteiger partial charge < -0.3 is 14.6 Å². The summed E-state index contributed by atoms with van der Waals surface area (Å²) in [5.41, 5.74) is 1.40. The van der Waals surface area contributed by atoms with Crippen molar-refractivity contribution >= 4 is 77.7 Å². The topological polar surface area (TPSA) is 88.2 Å². The summed E-state index contributed by atoms with van der Waals surface area (Å²) in [5, 5.41) is 2.55. The lowest BCUT2D eigenvalue weighted by atomic mass is 10.1. The fraction of sp³-hybridized carbons (Fsp3) is 0.636. The molecule has 1 aromatic rings. The molecule has 0 aromatic heterocycles. The molecule has 1 rings (SSSR count). The lowest BCUT2D eigenvalue weighted by molar-refractivity contribution is -0.141. The van der Waals surface area contributed by atoms with Gasteiger partial charge in [-0.05, 0) is 31.5 Å². The number of ether oxygens (including phenoxy) is 1. The van der Waals surface area contributed by atoms with Crippen LogP contribution in [0.4, 0.5) is 0 Å². The Labute approximate surface area is 238 Å². The summed E-state index contributed by atoms with van der Waals surface area (Å²) < 4.78 is 28.2. The molecule has 0 atom stereocenters. The number of carbonyl (C=O) groups is 2. The summed E-state index contributed by atoms with van der Waals surface area (Å²) in [6.07, 6.45) is 0. The van der Waals surface area contributed by atoms with Crippen LogP contribution in [0.25, 0.3) is 0 Å². The van der Waals surface area contributed by atoms with Gasteiger partial charge in [-0.3, -0.25) is 14.2 Å². The van der Waals surface area contributed by atoms with E-state index < -0.39 is 13.6 Å². The molecule has 0 radical (unpaired) electrons. The Morgan fingerprint density at radius 2 is 1.56 bits per heavy atom. The van der Waals surface area contributed by atoms with Gasteiger partial charge in [-0.2, -0.15) is 0 Å². The lowest BCUT2D eigenvalue weighted by Crippen LogP contribution is -2.37. The molecular formula is C22H34Cl4N3O5PS. The molecule has 0 fully saturated rings. The van der Waals surface area contributed by atoms with E-state index in [0.717, 1.165) is 10.5 Å². The van der Waals surface area contributed by atoms with E-state index in [2.05, 4.69) is 5.32 Å². The first-order valence-corrected chi connectivity index (χ1v) is 16.1. The van der Waals surface area contributed by atoms with Crippen molar-refractivity contribution in [1.29, 1.82) is 0 Å². The van der Waals surface area contributed by atoms with Crippen LogP contribution < -0.4 is 5.32 Å². The van der Waals surface area contributed by atoms with E-state index in [1.165, 1.54) is 11.8 Å². The van der Waals surface area contributed by atoms with Crippen molar-refractivity contribution in [3.05, 3.63) is 29.3 Å². The highest BCUT2D eigenvalue weighted by Gasteiger charge is 2.37. The molecule has 0 unspecified atom stereocenters. The first kappa shape index (κ1) is 33.8. The van der Waals surface area contributed by atoms with E-state index >= 15 is 0 Å². The Hall–Kier alpha value is -0.220. The number of amides is 1. The largest absolute Gasteiger partial charge is 0.465 e. The Balaban J connectivity index is 2.89. The molecule has 0 heterocycles. The molecule has 206 valence electrons. The van der Waals surface area contributed by atoms with Crippen molar-refractivity contribution in [2.75, 3.05) is 75.2 Å². The van der Waals surface area contributed by atoms with E-state index in [0.29, 0.717) is 37.5 Å². The molecule has 0 aliphatic carbocycles. The predicted molar refractivity (Wildman–Crippen MR) is 150 cm³/mol. The van der Waals surface area contributed by atoms with E-state index in [-0.39, 0.29) is 49.2 Å². The van der Waals surface area contributed by atoms with Crippen LogP contribution in [0.3, 0.4) is 0 Å². The molecule has 0 bridgehead atoms. The number of nitrogens with one attached hydrogen (secondary N) is 1. The van der Waals surface area contributed by atoms with Crippen LogP contribution in [0.2, 0.25) is 0 Å². The third-order valence-electron chi connectivity index (χ3n) is 4.83. The highest BCUT2D eigenvalue weighted by Crippen LogP contribution is 2.54. The average Bonchev–Trinajstić information content (AvgIpc) is 2.86. The number of hydrogen-bond acceptors (Lipinski definition) is 6. The van der Waals surface area contributed by atoms with Crippen LogP contribution >= 0.6 is 65.8 Å². The quantitative estimate of drug-likeness (QED) is 0.0751. The molecule has 8 nitrogen and oxygen atoms in total. The minimum Gasteiger partial charge on any atom is -0.465 e. The van der Waals surface area contributed by atoms with Gasteiger partial charge in [-0.25, -0.2) is 9.34 Å². The summed E-state index contributed by atoms with van der Waals surface area (Å²) in [4.78, 5) is 24.8. The van der Waals surface area contributed by atoms with E-state index in [1.54, 1.807) is 28.4 Å². The van der Waals surface area contributed by atoms with Gasteiger partial charge in [-0.15, -0.1) is 58.2 Å². The summed E-state index contributed by atoms with van der Waals surface area (Å²) in [6.45, 7) is 5.19. The molecule has 14 heteroatoms. The van der Waals surface area contributed by atoms with Gasteiger partial charge in [0, 0.05) is 65.9 Å². The summed E-state index contributed by atoms with van der Waals surface area (Å²) >= 11 is 25.3. The maximum Gasteiger partial charge on any atom is 0.346 e. The summed E-state index contributed by atoms with van der Waals surface area (Å²) in [5.74, 6) is 0.657. The number of esters is 1. The van der Waals surface area contributed by atoms with Gasteiger partial charge >= 0.3 is 13.6 Å². The molecule has 0 saturated heterocycles. The SMILES string of the molecule is CCOC(=O)CNC(=O)c1ccc(C)c(SCCOP(=O)(N(CCCl)CCCl)N(CCCl)CCCl)c1. The van der Waals surface area contributed by atoms with Crippen LogP contribution in [0, 0.1) is 6.92 Å². The van der Waals surface area contributed by atoms with Gasteiger partial charge in [0.25, 0.3) is 5.91 Å². The van der Waals surface area contributed by atoms with Crippen molar-refractivity contribution < 1.29 is 23.4 Å². The van der Waals surface area contributed by atoms with Crippen molar-refractivity contribution in [3.63, 3.8) is 0 Å². The molecule has 0 spiro atoms. The number of hydrogen-bond donors (Lipinski definition) is 1. The molecule has 0 aliphatic heterocycles. The number of rotatable bonds is 19. The highest BCUT2D eigenvalue weighted by atomic mass is 35.5. The fourth-order valence-electron chi connectivity index (χ4n) is 3.13. The molecule has 0 saturated carbocycles. The predicted octanol–water partition coefficient (Wildman–Crippen LogP) is 5.06. The zero-order valence-electron chi connectivity index (χ0n) is 20.5. The average molecular weight is 625 g/mol. The van der Waals surface area contributed by atoms with E-state index in [9.17, 15) is 14.2 Å². The Morgan fingerprint density at radius 1 is 1.00 bits per heavy atom. The van der Waals surface area contributed by atoms with Gasteiger partial charge in [0.05, 0.1) is 13.2 Å². The van der Waals surface area contributed by atoms with Gasteiger partial charge in [0.15, 0.2) is 0 Å².